The molecule has 1 fully saturated rings. The van der Waals surface area contributed by atoms with E-state index < -0.39 is 34.9 Å². The molecule has 0 aliphatic carbocycles. The van der Waals surface area contributed by atoms with E-state index >= 15 is 0 Å². The summed E-state index contributed by atoms with van der Waals surface area (Å²) in [5.41, 5.74) is -4.22. The van der Waals surface area contributed by atoms with E-state index in [9.17, 15) is 19.5 Å². The quantitative estimate of drug-likeness (QED) is 0.568. The molecule has 2 aliphatic heterocycles. The summed E-state index contributed by atoms with van der Waals surface area (Å²) in [4.78, 5) is 39.3. The lowest BCUT2D eigenvalue weighted by molar-refractivity contribution is -0.156. The number of methoxy groups -OCH3 is 1. The number of furan rings is 1. The zero-order chi connectivity index (χ0) is 21.7. The van der Waals surface area contributed by atoms with Gasteiger partial charge in [0, 0.05) is 24.7 Å². The zero-order valence-corrected chi connectivity index (χ0v) is 16.7. The lowest BCUT2D eigenvalue weighted by Gasteiger charge is -2.32. The van der Waals surface area contributed by atoms with Crippen LogP contribution in [-0.2, 0) is 25.5 Å². The van der Waals surface area contributed by atoms with Crippen molar-refractivity contribution in [2.45, 2.75) is 37.7 Å². The molecule has 2 aromatic rings. The Morgan fingerprint density at radius 2 is 1.90 bits per heavy atom. The number of hydrogen-bond acceptors (Lipinski definition) is 7. The Labute approximate surface area is 172 Å². The molecule has 30 heavy (non-hydrogen) atoms. The van der Waals surface area contributed by atoms with Gasteiger partial charge in [-0.05, 0) is 19.1 Å². The molecule has 3 heterocycles. The molecule has 8 nitrogen and oxygen atoms in total. The van der Waals surface area contributed by atoms with Gasteiger partial charge in [0.25, 0.3) is 11.5 Å². The SMILES string of the molecule is CCc1ccc(C2=C(C)C(=O)[C@@]3(O2)C(=O)N[C@](OC)(C(=O)c2ccccc2)[C@H]3O)o1. The number of carbonyl (C=O) groups excluding carboxylic acids is 3. The number of Topliss-reactive ketones (excluding diaryl/α,β-unsaturated/α-hetero) is 2. The normalized spacial score (nSPS) is 28.2. The molecule has 1 saturated heterocycles. The van der Waals surface area contributed by atoms with E-state index in [1.54, 1.807) is 30.3 Å². The number of aliphatic hydroxyl groups excluding tert-OH is 1. The molecule has 0 saturated carbocycles. The van der Waals surface area contributed by atoms with E-state index in [2.05, 4.69) is 5.32 Å². The van der Waals surface area contributed by atoms with Gasteiger partial charge in [-0.15, -0.1) is 0 Å². The van der Waals surface area contributed by atoms with E-state index in [4.69, 9.17) is 13.9 Å². The topological polar surface area (TPSA) is 115 Å². The summed E-state index contributed by atoms with van der Waals surface area (Å²) in [6.45, 7) is 3.38. The van der Waals surface area contributed by atoms with Crippen molar-refractivity contribution in [2.75, 3.05) is 7.11 Å². The van der Waals surface area contributed by atoms with E-state index in [-0.39, 0.29) is 22.7 Å². The van der Waals surface area contributed by atoms with Crippen molar-refractivity contribution in [3.63, 3.8) is 0 Å². The third-order valence-electron chi connectivity index (χ3n) is 5.62. The maximum atomic E-state index is 13.2. The monoisotopic (exact) mass is 411 g/mol. The second-order valence-corrected chi connectivity index (χ2v) is 7.23. The molecule has 1 aromatic carbocycles. The molecular weight excluding hydrogens is 390 g/mol. The number of rotatable bonds is 5. The summed E-state index contributed by atoms with van der Waals surface area (Å²) >= 11 is 0. The Kier molecular flexibility index (Phi) is 4.63. The van der Waals surface area contributed by atoms with Gasteiger partial charge in [0.05, 0.1) is 0 Å². The van der Waals surface area contributed by atoms with Crippen molar-refractivity contribution in [1.82, 2.24) is 5.32 Å². The Balaban J connectivity index is 1.76. The zero-order valence-electron chi connectivity index (χ0n) is 16.7. The molecule has 0 bridgehead atoms. The van der Waals surface area contributed by atoms with E-state index in [1.165, 1.54) is 26.2 Å². The van der Waals surface area contributed by atoms with Gasteiger partial charge >= 0.3 is 0 Å². The standard InChI is InChI=1S/C22H21NO7/c1-4-14-10-11-15(29-14)16-12(2)17(24)21(30-16)19(26)22(28-3,23-20(21)27)18(25)13-8-6-5-7-9-13/h5-11,19,26H,4H2,1-3H3,(H,23,27)/t19-,21-,22-/m0/s1. The molecule has 2 aliphatic rings. The molecule has 1 aromatic heterocycles. The van der Waals surface area contributed by atoms with Crippen molar-refractivity contribution >= 4 is 23.2 Å². The molecule has 8 heteroatoms. The van der Waals surface area contributed by atoms with Crippen LogP contribution in [0.4, 0.5) is 0 Å². The lowest BCUT2D eigenvalue weighted by Crippen LogP contribution is -2.60. The summed E-state index contributed by atoms with van der Waals surface area (Å²) in [6.07, 6.45) is -1.30. The second kappa shape index (κ2) is 6.93. The molecular formula is C22H21NO7. The minimum atomic E-state index is -2.35. The first-order chi connectivity index (χ1) is 14.3. The van der Waals surface area contributed by atoms with Crippen LogP contribution < -0.4 is 5.32 Å². The van der Waals surface area contributed by atoms with Crippen LogP contribution in [0, 0.1) is 0 Å². The van der Waals surface area contributed by atoms with Crippen LogP contribution in [0.15, 0.2) is 52.5 Å². The smallest absolute Gasteiger partial charge is 0.279 e. The van der Waals surface area contributed by atoms with Crippen LogP contribution in [0.25, 0.3) is 5.76 Å². The van der Waals surface area contributed by atoms with Gasteiger partial charge in [0.2, 0.25) is 17.3 Å². The fourth-order valence-electron chi connectivity index (χ4n) is 3.90. The highest BCUT2D eigenvalue weighted by Gasteiger charge is 2.74. The predicted octanol–water partition coefficient (Wildman–Crippen LogP) is 1.63. The van der Waals surface area contributed by atoms with Crippen molar-refractivity contribution in [3.8, 4) is 0 Å². The molecule has 1 amide bonds. The Bertz CT molecular complexity index is 1070. The summed E-state index contributed by atoms with van der Waals surface area (Å²) < 4.78 is 16.8. The van der Waals surface area contributed by atoms with Crippen molar-refractivity contribution in [2.24, 2.45) is 0 Å². The number of carbonyl (C=O) groups is 3. The molecule has 1 spiro atoms. The fourth-order valence-corrected chi connectivity index (χ4v) is 3.90. The van der Waals surface area contributed by atoms with Gasteiger partial charge in [-0.2, -0.15) is 0 Å². The first-order valence-corrected chi connectivity index (χ1v) is 9.51. The number of nitrogens with one attached hydrogen (secondary N) is 1. The predicted molar refractivity (Wildman–Crippen MR) is 104 cm³/mol. The van der Waals surface area contributed by atoms with Crippen LogP contribution in [-0.4, -0.2) is 47.1 Å². The summed E-state index contributed by atoms with van der Waals surface area (Å²) in [6, 6.07) is 11.4. The lowest BCUT2D eigenvalue weighted by atomic mass is 9.85. The van der Waals surface area contributed by atoms with Crippen LogP contribution in [0.1, 0.15) is 35.7 Å². The van der Waals surface area contributed by atoms with Gasteiger partial charge in [0.15, 0.2) is 17.6 Å². The van der Waals surface area contributed by atoms with Gasteiger partial charge in [-0.1, -0.05) is 37.3 Å². The highest BCUT2D eigenvalue weighted by atomic mass is 16.6. The summed E-state index contributed by atoms with van der Waals surface area (Å²) in [5.74, 6) is -1.42. The average molecular weight is 411 g/mol. The van der Waals surface area contributed by atoms with Gasteiger partial charge in [0.1, 0.15) is 5.76 Å². The maximum Gasteiger partial charge on any atom is 0.279 e. The number of ketones is 2. The molecule has 2 N–H and O–H groups in total. The van der Waals surface area contributed by atoms with Gasteiger partial charge < -0.3 is 24.3 Å². The minimum Gasteiger partial charge on any atom is -0.462 e. The third-order valence-corrected chi connectivity index (χ3v) is 5.62. The minimum absolute atomic E-state index is 0.0490. The van der Waals surface area contributed by atoms with Crippen LogP contribution >= 0.6 is 0 Å². The second-order valence-electron chi connectivity index (χ2n) is 7.23. The Morgan fingerprint density at radius 3 is 2.50 bits per heavy atom. The van der Waals surface area contributed by atoms with E-state index in [0.717, 1.165) is 0 Å². The van der Waals surface area contributed by atoms with Gasteiger partial charge in [-0.25, -0.2) is 0 Å². The summed E-state index contributed by atoms with van der Waals surface area (Å²) in [7, 11) is 1.17. The van der Waals surface area contributed by atoms with Crippen LogP contribution in [0.5, 0.6) is 0 Å². The molecule has 0 unspecified atom stereocenters. The summed E-state index contributed by atoms with van der Waals surface area (Å²) in [5, 5.41) is 13.5. The van der Waals surface area contributed by atoms with Crippen molar-refractivity contribution in [1.29, 1.82) is 0 Å². The first kappa shape index (κ1) is 20.1. The Hall–Kier alpha value is -3.23. The van der Waals surface area contributed by atoms with E-state index in [1.807, 2.05) is 6.92 Å². The maximum absolute atomic E-state index is 13.2. The third kappa shape index (κ3) is 2.50. The highest BCUT2D eigenvalue weighted by Crippen LogP contribution is 2.45. The number of hydrogen-bond donors (Lipinski definition) is 2. The molecule has 0 radical (unpaired) electrons. The van der Waals surface area contributed by atoms with E-state index in [0.29, 0.717) is 12.2 Å². The van der Waals surface area contributed by atoms with Crippen LogP contribution in [0.3, 0.4) is 0 Å². The number of aliphatic hydroxyl groups is 1. The molecule has 3 atom stereocenters. The van der Waals surface area contributed by atoms with Crippen molar-refractivity contribution < 1.29 is 33.4 Å². The number of amides is 1. The number of aryl methyl sites for hydroxylation is 1. The average Bonchev–Trinajstić information content (AvgIpc) is 3.41. The Morgan fingerprint density at radius 1 is 1.20 bits per heavy atom. The fraction of sp³-hybridized carbons (Fsp3) is 0.318. The molecule has 4 rings (SSSR count). The molecule has 156 valence electrons. The first-order valence-electron chi connectivity index (χ1n) is 9.51. The van der Waals surface area contributed by atoms with Crippen LogP contribution in [0.2, 0.25) is 0 Å². The number of benzene rings is 1. The highest BCUT2D eigenvalue weighted by molar-refractivity contribution is 6.25. The largest absolute Gasteiger partial charge is 0.462 e. The van der Waals surface area contributed by atoms with Crippen molar-refractivity contribution in [3.05, 3.63) is 65.1 Å². The number of ether oxygens (including phenoxy) is 2. The van der Waals surface area contributed by atoms with Gasteiger partial charge in [-0.3, -0.25) is 14.4 Å².